The van der Waals surface area contributed by atoms with Crippen molar-refractivity contribution in [3.05, 3.63) is 142 Å². The van der Waals surface area contributed by atoms with Gasteiger partial charge in [-0.25, -0.2) is 9.97 Å². The van der Waals surface area contributed by atoms with Gasteiger partial charge in [-0.05, 0) is 131 Å². The van der Waals surface area contributed by atoms with Gasteiger partial charge in [0.05, 0.1) is 37.0 Å². The molecule has 8 nitrogen and oxygen atoms in total. The maximum absolute atomic E-state index is 12.5. The molecule has 8 bridgehead atoms. The molecule has 2 N–H and O–H groups in total. The van der Waals surface area contributed by atoms with E-state index in [1.165, 1.54) is 35.8 Å². The van der Waals surface area contributed by atoms with E-state index in [0.29, 0.717) is 12.8 Å². The maximum Gasteiger partial charge on any atom is 0.305 e. The lowest BCUT2D eigenvalue weighted by Gasteiger charge is -2.08. The van der Waals surface area contributed by atoms with Crippen LogP contribution in [0.5, 0.6) is 0 Å². The predicted molar refractivity (Wildman–Crippen MR) is 238 cm³/mol. The monoisotopic (exact) mass is 766 g/mol. The molecule has 8 rings (SSSR count). The first-order chi connectivity index (χ1) is 28.1. The van der Waals surface area contributed by atoms with Crippen LogP contribution >= 0.6 is 0 Å². The number of benzene rings is 3. The molecule has 0 saturated heterocycles. The molecular formula is C50H46N4O4. The molecule has 6 aromatic rings. The first-order valence-electron chi connectivity index (χ1n) is 19.6. The van der Waals surface area contributed by atoms with Crippen molar-refractivity contribution in [2.45, 2.75) is 53.4 Å². The van der Waals surface area contributed by atoms with Gasteiger partial charge >= 0.3 is 11.9 Å². The first-order valence-corrected chi connectivity index (χ1v) is 19.6. The Hall–Kier alpha value is -6.80. The van der Waals surface area contributed by atoms with Crippen molar-refractivity contribution in [1.29, 1.82) is 0 Å². The van der Waals surface area contributed by atoms with Crippen LogP contribution in [0, 0.1) is 13.8 Å². The molecule has 8 heteroatoms. The van der Waals surface area contributed by atoms with Crippen molar-refractivity contribution >= 4 is 90.0 Å². The van der Waals surface area contributed by atoms with Crippen molar-refractivity contribution in [1.82, 2.24) is 19.9 Å². The zero-order valence-corrected chi connectivity index (χ0v) is 33.8. The number of esters is 2. The van der Waals surface area contributed by atoms with Crippen molar-refractivity contribution < 1.29 is 19.1 Å². The van der Waals surface area contributed by atoms with Crippen LogP contribution in [0.4, 0.5) is 0 Å². The number of ether oxygens (including phenoxy) is 2. The number of rotatable bonds is 9. The third-order valence-electron chi connectivity index (χ3n) is 11.7. The summed E-state index contributed by atoms with van der Waals surface area (Å²) < 4.78 is 10.1. The molecular weight excluding hydrogens is 721 g/mol. The third kappa shape index (κ3) is 6.95. The molecule has 0 aliphatic carbocycles. The summed E-state index contributed by atoms with van der Waals surface area (Å²) in [6.45, 7) is 12.5. The van der Waals surface area contributed by atoms with Crippen LogP contribution in [-0.2, 0) is 25.5 Å². The summed E-state index contributed by atoms with van der Waals surface area (Å²) in [6.07, 6.45) is 7.63. The Labute approximate surface area is 337 Å². The quantitative estimate of drug-likeness (QED) is 0.112. The summed E-state index contributed by atoms with van der Waals surface area (Å²) in [7, 11) is 2.82. The zero-order valence-electron chi connectivity index (χ0n) is 33.8. The van der Waals surface area contributed by atoms with Crippen LogP contribution in [0.25, 0.3) is 78.1 Å². The molecule has 0 atom stereocenters. The lowest BCUT2D eigenvalue weighted by molar-refractivity contribution is -0.141. The summed E-state index contributed by atoms with van der Waals surface area (Å²) in [5.74, 6) is -0.567. The van der Waals surface area contributed by atoms with Gasteiger partial charge in [-0.1, -0.05) is 73.3 Å². The van der Waals surface area contributed by atoms with Crippen molar-refractivity contribution in [3.63, 3.8) is 0 Å². The standard InChI is InChI=1S/C50H46N4O4/c1-8-34-28(2)41-24-42-30(4)36(19-21-49(55)57-6)47(52-42)27-48-37(20-22-50(56)58-7)31(5)44(54-48)26-46-35(29(3)43(53-46)25-45(34)51-41)18-17-33-23-32-13-9-10-14-38(32)40-16-12-11-15-39(33)40/h8-18,23-27,52-53H,1,19-22H2,2-7H3/b18-17+,41-24?,42-24?,43-25?,44-26?,45-25?,46-26?,47-27?,48-27?. The number of nitrogens with zero attached hydrogens (tertiary/aromatic N) is 2. The number of fused-ring (bicyclic) bond motifs is 11. The lowest BCUT2D eigenvalue weighted by atomic mass is 9.96. The predicted octanol–water partition coefficient (Wildman–Crippen LogP) is 11.5. The fraction of sp³-hybridized carbons (Fsp3) is 0.200. The van der Waals surface area contributed by atoms with Gasteiger partial charge in [-0.2, -0.15) is 0 Å². The fourth-order valence-electron chi connectivity index (χ4n) is 8.31. The van der Waals surface area contributed by atoms with Crippen LogP contribution < -0.4 is 0 Å². The molecule has 0 saturated carbocycles. The van der Waals surface area contributed by atoms with Crippen LogP contribution in [0.15, 0.2) is 91.5 Å². The second kappa shape index (κ2) is 15.6. The summed E-state index contributed by atoms with van der Waals surface area (Å²) >= 11 is 0. The zero-order chi connectivity index (χ0) is 40.7. The number of hydrogen-bond acceptors (Lipinski definition) is 6. The molecule has 2 aliphatic heterocycles. The third-order valence-corrected chi connectivity index (χ3v) is 11.7. The first kappa shape index (κ1) is 38.1. The lowest BCUT2D eigenvalue weighted by Crippen LogP contribution is -2.02. The largest absolute Gasteiger partial charge is 0.469 e. The van der Waals surface area contributed by atoms with Crippen LogP contribution in [0.1, 0.15) is 83.7 Å². The maximum atomic E-state index is 12.5. The van der Waals surface area contributed by atoms with Crippen molar-refractivity contribution in [3.8, 4) is 0 Å². The number of nitrogens with one attached hydrogen (secondary N) is 2. The normalized spacial score (nSPS) is 12.9. The van der Waals surface area contributed by atoms with E-state index in [0.717, 1.165) is 95.0 Å². The molecule has 0 radical (unpaired) electrons. The summed E-state index contributed by atoms with van der Waals surface area (Å²) in [5.41, 5.74) is 15.9. The van der Waals surface area contributed by atoms with E-state index in [1.807, 2.05) is 12.1 Å². The van der Waals surface area contributed by atoms with Gasteiger partial charge in [0, 0.05) is 46.0 Å². The molecule has 2 aliphatic rings. The minimum Gasteiger partial charge on any atom is -0.469 e. The fourth-order valence-corrected chi connectivity index (χ4v) is 8.31. The highest BCUT2D eigenvalue weighted by Gasteiger charge is 2.21. The molecule has 5 heterocycles. The van der Waals surface area contributed by atoms with Crippen LogP contribution in [0.2, 0.25) is 0 Å². The molecule has 3 aromatic heterocycles. The SMILES string of the molecule is C=CC1=C(C)c2cc3[nH]c(cc4nc(cc5[nH]c(cc1n2)c(C)c5/C=C/c1cc2ccccc2c2ccccc12)C(C)=C4CCC(=O)OC)c(CCC(=O)OC)c3C. The number of carbonyl (C=O) groups excluding carboxylic acids is 2. The number of aromatic amines is 2. The van der Waals surface area contributed by atoms with E-state index in [9.17, 15) is 9.59 Å². The van der Waals surface area contributed by atoms with Gasteiger partial charge in [-0.15, -0.1) is 0 Å². The Bertz CT molecular complexity index is 2970. The van der Waals surface area contributed by atoms with Gasteiger partial charge in [-0.3, -0.25) is 9.59 Å². The number of aryl methyl sites for hydroxylation is 3. The molecule has 0 amide bonds. The molecule has 290 valence electrons. The Kier molecular flexibility index (Phi) is 10.3. The topological polar surface area (TPSA) is 110 Å². The number of allylic oxidation sites excluding steroid dienone is 5. The van der Waals surface area contributed by atoms with Gasteiger partial charge < -0.3 is 19.4 Å². The van der Waals surface area contributed by atoms with Gasteiger partial charge in [0.25, 0.3) is 0 Å². The number of methoxy groups -OCH3 is 2. The summed E-state index contributed by atoms with van der Waals surface area (Å²) in [6, 6.07) is 27.6. The number of aromatic nitrogens is 4. The minimum absolute atomic E-state index is 0.214. The Morgan fingerprint density at radius 3 is 1.97 bits per heavy atom. The molecule has 0 fully saturated rings. The summed E-state index contributed by atoms with van der Waals surface area (Å²) in [4.78, 5) is 42.6. The van der Waals surface area contributed by atoms with E-state index >= 15 is 0 Å². The highest BCUT2D eigenvalue weighted by atomic mass is 16.5. The van der Waals surface area contributed by atoms with E-state index in [2.05, 4.69) is 129 Å². The van der Waals surface area contributed by atoms with Gasteiger partial charge in [0.1, 0.15) is 0 Å². The Morgan fingerprint density at radius 1 is 0.638 bits per heavy atom. The van der Waals surface area contributed by atoms with Crippen LogP contribution in [-0.4, -0.2) is 46.1 Å². The molecule has 0 unspecified atom stereocenters. The number of H-pyrrole nitrogens is 2. The van der Waals surface area contributed by atoms with Crippen molar-refractivity contribution in [2.24, 2.45) is 0 Å². The van der Waals surface area contributed by atoms with E-state index in [1.54, 1.807) is 0 Å². The average Bonchev–Trinajstić information content (AvgIpc) is 3.90. The van der Waals surface area contributed by atoms with Crippen LogP contribution in [0.3, 0.4) is 0 Å². The summed E-state index contributed by atoms with van der Waals surface area (Å²) in [5, 5.41) is 4.81. The minimum atomic E-state index is -0.286. The smallest absolute Gasteiger partial charge is 0.305 e. The molecule has 58 heavy (non-hydrogen) atoms. The van der Waals surface area contributed by atoms with Gasteiger partial charge in [0.2, 0.25) is 0 Å². The highest BCUT2D eigenvalue weighted by molar-refractivity contribution is 6.11. The Balaban J connectivity index is 1.42. The molecule has 3 aromatic carbocycles. The van der Waals surface area contributed by atoms with E-state index in [4.69, 9.17) is 19.4 Å². The van der Waals surface area contributed by atoms with Gasteiger partial charge in [0.15, 0.2) is 0 Å². The second-order valence-corrected chi connectivity index (χ2v) is 15.0. The second-order valence-electron chi connectivity index (χ2n) is 15.0. The average molecular weight is 767 g/mol. The number of carbonyl (C=O) groups is 2. The highest BCUT2D eigenvalue weighted by Crippen LogP contribution is 2.37. The van der Waals surface area contributed by atoms with Crippen molar-refractivity contribution in [2.75, 3.05) is 14.2 Å². The Morgan fingerprint density at radius 2 is 1.22 bits per heavy atom. The van der Waals surface area contributed by atoms with E-state index < -0.39 is 0 Å². The molecule has 0 spiro atoms. The van der Waals surface area contributed by atoms with E-state index in [-0.39, 0.29) is 24.8 Å². The number of hydrogen-bond donors (Lipinski definition) is 2.